The number of amides is 2. The standard InChI is InChI=1S/C28H26N8O2/c1-35-15-22(14-32-35)21-10-24(26(29)30-12-21)27(37)33-23-8-9-36(16-23)28(38)18-4-2-17(3-5-18)19-6-7-20-13-31-34-25(20)11-19/h2-7,10-15,23H,8-9,16H2,1H3,(H2,29,30)(H,31,34)(H,33,37). The Bertz CT molecular complexity index is 1650. The van der Waals surface area contributed by atoms with Crippen LogP contribution in [0.2, 0.25) is 0 Å². The summed E-state index contributed by atoms with van der Waals surface area (Å²) in [5.74, 6) is -0.205. The quantitative estimate of drug-likeness (QED) is 0.335. The summed E-state index contributed by atoms with van der Waals surface area (Å²) in [6.45, 7) is 0.990. The van der Waals surface area contributed by atoms with Crippen molar-refractivity contribution in [2.24, 2.45) is 7.05 Å². The number of nitrogens with two attached hydrogens (primary N) is 1. The van der Waals surface area contributed by atoms with Gasteiger partial charge in [0.1, 0.15) is 5.82 Å². The Morgan fingerprint density at radius 3 is 2.61 bits per heavy atom. The molecule has 1 saturated heterocycles. The topological polar surface area (TPSA) is 135 Å². The van der Waals surface area contributed by atoms with Crippen molar-refractivity contribution < 1.29 is 9.59 Å². The highest BCUT2D eigenvalue weighted by Crippen LogP contribution is 2.25. The average molecular weight is 507 g/mol. The summed E-state index contributed by atoms with van der Waals surface area (Å²) in [5.41, 5.74) is 11.6. The summed E-state index contributed by atoms with van der Waals surface area (Å²) in [5, 5.41) is 15.3. The predicted octanol–water partition coefficient (Wildman–Crippen LogP) is 3.25. The monoisotopic (exact) mass is 506 g/mol. The molecule has 0 spiro atoms. The van der Waals surface area contributed by atoms with Gasteiger partial charge in [-0.2, -0.15) is 10.2 Å². The summed E-state index contributed by atoms with van der Waals surface area (Å²) in [6, 6.07) is 15.2. The third-order valence-electron chi connectivity index (χ3n) is 6.92. The van der Waals surface area contributed by atoms with Gasteiger partial charge in [0.15, 0.2) is 0 Å². The lowest BCUT2D eigenvalue weighted by molar-refractivity contribution is 0.0783. The van der Waals surface area contributed by atoms with Gasteiger partial charge in [0.2, 0.25) is 0 Å². The van der Waals surface area contributed by atoms with Crippen LogP contribution >= 0.6 is 0 Å². The SMILES string of the molecule is Cn1cc(-c2cnc(N)c(C(=O)NC3CCN(C(=O)c4ccc(-c5ccc6cn[nH]c6c5)cc4)C3)c2)cn1. The molecule has 1 aliphatic rings. The van der Waals surface area contributed by atoms with E-state index in [9.17, 15) is 9.59 Å². The number of H-pyrrole nitrogens is 1. The smallest absolute Gasteiger partial charge is 0.255 e. The fourth-order valence-corrected chi connectivity index (χ4v) is 4.82. The summed E-state index contributed by atoms with van der Waals surface area (Å²) in [6.07, 6.45) is 7.63. The molecular formula is C28H26N8O2. The number of rotatable bonds is 5. The Kier molecular flexibility index (Phi) is 5.83. The van der Waals surface area contributed by atoms with Crippen LogP contribution in [0.3, 0.4) is 0 Å². The van der Waals surface area contributed by atoms with E-state index in [-0.39, 0.29) is 23.7 Å². The molecule has 2 amide bonds. The minimum Gasteiger partial charge on any atom is -0.383 e. The third-order valence-corrected chi connectivity index (χ3v) is 6.92. The molecular weight excluding hydrogens is 480 g/mol. The van der Waals surface area contributed by atoms with Gasteiger partial charge in [0.05, 0.1) is 23.5 Å². The van der Waals surface area contributed by atoms with Crippen LogP contribution in [0.1, 0.15) is 27.1 Å². The van der Waals surface area contributed by atoms with Gasteiger partial charge in [-0.1, -0.05) is 24.3 Å². The summed E-state index contributed by atoms with van der Waals surface area (Å²) < 4.78 is 1.68. The maximum Gasteiger partial charge on any atom is 0.255 e. The molecule has 0 saturated carbocycles. The molecule has 10 nitrogen and oxygen atoms in total. The zero-order chi connectivity index (χ0) is 26.2. The summed E-state index contributed by atoms with van der Waals surface area (Å²) in [4.78, 5) is 32.2. The van der Waals surface area contributed by atoms with Gasteiger partial charge >= 0.3 is 0 Å². The summed E-state index contributed by atoms with van der Waals surface area (Å²) >= 11 is 0. The zero-order valence-corrected chi connectivity index (χ0v) is 20.8. The summed E-state index contributed by atoms with van der Waals surface area (Å²) in [7, 11) is 1.82. The first-order valence-electron chi connectivity index (χ1n) is 12.3. The number of nitrogen functional groups attached to an aromatic ring is 1. The minimum absolute atomic E-state index is 0.0583. The van der Waals surface area contributed by atoms with E-state index in [0.29, 0.717) is 30.6 Å². The fourth-order valence-electron chi connectivity index (χ4n) is 4.82. The average Bonchev–Trinajstić information content (AvgIpc) is 3.69. The number of carbonyl (C=O) groups excluding carboxylic acids is 2. The predicted molar refractivity (Wildman–Crippen MR) is 144 cm³/mol. The van der Waals surface area contributed by atoms with Gasteiger partial charge in [-0.3, -0.25) is 19.4 Å². The van der Waals surface area contributed by atoms with Gasteiger partial charge in [0, 0.05) is 60.6 Å². The molecule has 3 aromatic heterocycles. The first-order chi connectivity index (χ1) is 18.4. The van der Waals surface area contributed by atoms with E-state index in [0.717, 1.165) is 33.2 Å². The van der Waals surface area contributed by atoms with E-state index in [4.69, 9.17) is 5.73 Å². The van der Waals surface area contributed by atoms with Gasteiger partial charge in [-0.05, 0) is 41.8 Å². The number of anilines is 1. The van der Waals surface area contributed by atoms with Crippen LogP contribution in [0, 0.1) is 0 Å². The number of fused-ring (bicyclic) bond motifs is 1. The number of nitrogens with one attached hydrogen (secondary N) is 2. The Labute approximate surface area is 218 Å². The molecule has 4 heterocycles. The normalized spacial score (nSPS) is 15.2. The molecule has 0 aliphatic carbocycles. The van der Waals surface area contributed by atoms with Crippen molar-refractivity contribution in [1.29, 1.82) is 0 Å². The van der Waals surface area contributed by atoms with E-state index in [1.807, 2.05) is 55.7 Å². The molecule has 0 radical (unpaired) electrons. The van der Waals surface area contributed by atoms with Crippen LogP contribution in [0.15, 0.2) is 73.3 Å². The molecule has 10 heteroatoms. The van der Waals surface area contributed by atoms with E-state index in [1.165, 1.54) is 0 Å². The molecule has 4 N–H and O–H groups in total. The van der Waals surface area contributed by atoms with Crippen molar-refractivity contribution in [3.8, 4) is 22.3 Å². The number of carbonyl (C=O) groups is 2. The van der Waals surface area contributed by atoms with Crippen LogP contribution in [0.4, 0.5) is 5.82 Å². The van der Waals surface area contributed by atoms with Gasteiger partial charge in [0.25, 0.3) is 11.8 Å². The first-order valence-corrected chi connectivity index (χ1v) is 12.3. The Hall–Kier alpha value is -4.99. The fraction of sp³-hybridized carbons (Fsp3) is 0.179. The molecule has 38 heavy (non-hydrogen) atoms. The number of nitrogens with zero attached hydrogens (tertiary/aromatic N) is 5. The van der Waals surface area contributed by atoms with Crippen molar-refractivity contribution >= 4 is 28.5 Å². The minimum atomic E-state index is -0.307. The van der Waals surface area contributed by atoms with Crippen LogP contribution in [-0.2, 0) is 7.05 Å². The molecule has 190 valence electrons. The highest BCUT2D eigenvalue weighted by molar-refractivity contribution is 6.00. The highest BCUT2D eigenvalue weighted by atomic mass is 16.2. The lowest BCUT2D eigenvalue weighted by atomic mass is 10.0. The van der Waals surface area contributed by atoms with Crippen LogP contribution in [-0.4, -0.2) is 60.8 Å². The molecule has 2 aromatic carbocycles. The molecule has 0 bridgehead atoms. The van der Waals surface area contributed by atoms with E-state index in [1.54, 1.807) is 34.2 Å². The lowest BCUT2D eigenvalue weighted by Gasteiger charge is -2.18. The van der Waals surface area contributed by atoms with Gasteiger partial charge in [-0.15, -0.1) is 0 Å². The largest absolute Gasteiger partial charge is 0.383 e. The van der Waals surface area contributed by atoms with E-state index in [2.05, 4.69) is 25.6 Å². The van der Waals surface area contributed by atoms with E-state index >= 15 is 0 Å². The van der Waals surface area contributed by atoms with Gasteiger partial charge < -0.3 is 16.0 Å². The van der Waals surface area contributed by atoms with Crippen LogP contribution < -0.4 is 11.1 Å². The Morgan fingerprint density at radius 2 is 1.82 bits per heavy atom. The van der Waals surface area contributed by atoms with Crippen LogP contribution in [0.25, 0.3) is 33.2 Å². The van der Waals surface area contributed by atoms with Crippen LogP contribution in [0.5, 0.6) is 0 Å². The van der Waals surface area contributed by atoms with Crippen molar-refractivity contribution in [1.82, 2.24) is 35.2 Å². The number of aryl methyl sites for hydroxylation is 1. The molecule has 5 aromatic rings. The Balaban J connectivity index is 1.10. The second-order valence-electron chi connectivity index (χ2n) is 9.52. The zero-order valence-electron chi connectivity index (χ0n) is 20.8. The Morgan fingerprint density at radius 1 is 1.00 bits per heavy atom. The first kappa shape index (κ1) is 23.4. The lowest BCUT2D eigenvalue weighted by Crippen LogP contribution is -2.38. The van der Waals surface area contributed by atoms with Crippen molar-refractivity contribution in [2.45, 2.75) is 12.5 Å². The maximum absolute atomic E-state index is 13.2. The second kappa shape index (κ2) is 9.47. The molecule has 1 atom stereocenters. The third kappa shape index (κ3) is 4.47. The number of aromatic amines is 1. The van der Waals surface area contributed by atoms with E-state index < -0.39 is 0 Å². The van der Waals surface area contributed by atoms with Gasteiger partial charge in [-0.25, -0.2) is 4.98 Å². The number of likely N-dealkylation sites (tertiary alicyclic amines) is 1. The molecule has 1 unspecified atom stereocenters. The molecule has 1 fully saturated rings. The number of hydrogen-bond donors (Lipinski definition) is 3. The second-order valence-corrected chi connectivity index (χ2v) is 9.52. The highest BCUT2D eigenvalue weighted by Gasteiger charge is 2.29. The van der Waals surface area contributed by atoms with Crippen molar-refractivity contribution in [2.75, 3.05) is 18.8 Å². The molecule has 1 aliphatic heterocycles. The van der Waals surface area contributed by atoms with Crippen molar-refractivity contribution in [3.63, 3.8) is 0 Å². The number of hydrogen-bond acceptors (Lipinski definition) is 6. The number of pyridine rings is 1. The van der Waals surface area contributed by atoms with Crippen molar-refractivity contribution in [3.05, 3.63) is 84.4 Å². The number of aromatic nitrogens is 5. The number of benzene rings is 2. The molecule has 6 rings (SSSR count). The maximum atomic E-state index is 13.2.